The highest BCUT2D eigenvalue weighted by Crippen LogP contribution is 2.30. The van der Waals surface area contributed by atoms with E-state index in [-0.39, 0.29) is 0 Å². The molecule has 3 nitrogen and oxygen atoms in total. The standard InChI is InChI=1S/C20H23BrN2O/c1-24-20-16-18(9-10-19(20)21)23-14-12-22(13-15-23)11-5-8-17-6-3-2-4-7-17/h2-10,16H,11-15H2,1H3. The molecule has 0 atom stereocenters. The number of hydrogen-bond donors (Lipinski definition) is 0. The second-order valence-corrected chi connectivity index (χ2v) is 6.77. The number of benzene rings is 2. The highest BCUT2D eigenvalue weighted by molar-refractivity contribution is 9.10. The molecule has 0 spiro atoms. The maximum absolute atomic E-state index is 5.40. The van der Waals surface area contributed by atoms with E-state index >= 15 is 0 Å². The van der Waals surface area contributed by atoms with Gasteiger partial charge in [-0.3, -0.25) is 4.90 Å². The first-order valence-corrected chi connectivity index (χ1v) is 9.08. The summed E-state index contributed by atoms with van der Waals surface area (Å²) in [5.74, 6) is 0.890. The highest BCUT2D eigenvalue weighted by Gasteiger charge is 2.17. The van der Waals surface area contributed by atoms with Crippen molar-refractivity contribution < 1.29 is 4.74 Å². The average Bonchev–Trinajstić information content (AvgIpc) is 2.64. The fraction of sp³-hybridized carbons (Fsp3) is 0.300. The Bertz CT molecular complexity index is 679. The van der Waals surface area contributed by atoms with Gasteiger partial charge in [-0.05, 0) is 33.6 Å². The molecule has 0 bridgehead atoms. The van der Waals surface area contributed by atoms with E-state index in [1.165, 1.54) is 11.3 Å². The lowest BCUT2D eigenvalue weighted by molar-refractivity contribution is 0.284. The van der Waals surface area contributed by atoms with Gasteiger partial charge in [-0.25, -0.2) is 0 Å². The quantitative estimate of drug-likeness (QED) is 0.761. The monoisotopic (exact) mass is 386 g/mol. The van der Waals surface area contributed by atoms with Gasteiger partial charge < -0.3 is 9.64 Å². The Hall–Kier alpha value is -1.78. The van der Waals surface area contributed by atoms with E-state index in [0.717, 1.165) is 42.9 Å². The lowest BCUT2D eigenvalue weighted by Crippen LogP contribution is -2.46. The zero-order valence-corrected chi connectivity index (χ0v) is 15.6. The molecular weight excluding hydrogens is 364 g/mol. The second-order valence-electron chi connectivity index (χ2n) is 5.92. The van der Waals surface area contributed by atoms with E-state index < -0.39 is 0 Å². The molecule has 0 unspecified atom stereocenters. The number of anilines is 1. The van der Waals surface area contributed by atoms with Crippen LogP contribution in [0, 0.1) is 0 Å². The zero-order valence-electron chi connectivity index (χ0n) is 14.0. The molecule has 0 N–H and O–H groups in total. The minimum atomic E-state index is 0.890. The van der Waals surface area contributed by atoms with Crippen LogP contribution in [0.5, 0.6) is 5.75 Å². The predicted molar refractivity (Wildman–Crippen MR) is 105 cm³/mol. The molecule has 0 radical (unpaired) electrons. The first kappa shape index (κ1) is 17.1. The summed E-state index contributed by atoms with van der Waals surface area (Å²) < 4.78 is 6.40. The van der Waals surface area contributed by atoms with Gasteiger partial charge in [0.05, 0.1) is 11.6 Å². The Labute approximate surface area is 152 Å². The van der Waals surface area contributed by atoms with Gasteiger partial charge in [0.25, 0.3) is 0 Å². The third-order valence-corrected chi connectivity index (χ3v) is 5.00. The maximum Gasteiger partial charge on any atom is 0.135 e. The summed E-state index contributed by atoms with van der Waals surface area (Å²) in [6, 6.07) is 16.8. The molecule has 1 heterocycles. The minimum absolute atomic E-state index is 0.890. The van der Waals surface area contributed by atoms with E-state index in [4.69, 9.17) is 4.74 Å². The van der Waals surface area contributed by atoms with Gasteiger partial charge in [0, 0.05) is 44.5 Å². The van der Waals surface area contributed by atoms with Crippen LogP contribution in [0.4, 0.5) is 5.69 Å². The molecule has 126 valence electrons. The minimum Gasteiger partial charge on any atom is -0.495 e. The van der Waals surface area contributed by atoms with Gasteiger partial charge in [-0.15, -0.1) is 0 Å². The van der Waals surface area contributed by atoms with Crippen LogP contribution in [0.3, 0.4) is 0 Å². The van der Waals surface area contributed by atoms with Crippen LogP contribution in [-0.2, 0) is 0 Å². The molecule has 0 saturated carbocycles. The van der Waals surface area contributed by atoms with Crippen LogP contribution in [-0.4, -0.2) is 44.7 Å². The van der Waals surface area contributed by atoms with E-state index in [9.17, 15) is 0 Å². The van der Waals surface area contributed by atoms with Crippen LogP contribution < -0.4 is 9.64 Å². The third kappa shape index (κ3) is 4.40. The molecule has 1 aliphatic heterocycles. The van der Waals surface area contributed by atoms with Gasteiger partial charge in [-0.2, -0.15) is 0 Å². The summed E-state index contributed by atoms with van der Waals surface area (Å²) in [5.41, 5.74) is 2.49. The van der Waals surface area contributed by atoms with E-state index in [1.807, 2.05) is 6.07 Å². The number of rotatable bonds is 5. The molecule has 3 rings (SSSR count). The van der Waals surface area contributed by atoms with Crippen LogP contribution in [0.1, 0.15) is 5.56 Å². The summed E-state index contributed by atoms with van der Waals surface area (Å²) in [6.45, 7) is 5.26. The normalized spacial score (nSPS) is 15.8. The smallest absolute Gasteiger partial charge is 0.135 e. The van der Waals surface area contributed by atoms with Crippen molar-refractivity contribution in [3.63, 3.8) is 0 Å². The number of hydrogen-bond acceptors (Lipinski definition) is 3. The fourth-order valence-electron chi connectivity index (χ4n) is 2.94. The van der Waals surface area contributed by atoms with Gasteiger partial charge >= 0.3 is 0 Å². The first-order valence-electron chi connectivity index (χ1n) is 8.29. The van der Waals surface area contributed by atoms with Crippen molar-refractivity contribution in [2.24, 2.45) is 0 Å². The number of piperazine rings is 1. The van der Waals surface area contributed by atoms with Gasteiger partial charge in [0.1, 0.15) is 5.75 Å². The zero-order chi connectivity index (χ0) is 16.8. The van der Waals surface area contributed by atoms with Crippen molar-refractivity contribution in [2.75, 3.05) is 44.7 Å². The van der Waals surface area contributed by atoms with Crippen molar-refractivity contribution in [3.05, 3.63) is 64.6 Å². The fourth-order valence-corrected chi connectivity index (χ4v) is 3.34. The average molecular weight is 387 g/mol. The van der Waals surface area contributed by atoms with E-state index in [0.29, 0.717) is 0 Å². The Morgan fingerprint density at radius 1 is 1.04 bits per heavy atom. The first-order chi connectivity index (χ1) is 11.8. The summed E-state index contributed by atoms with van der Waals surface area (Å²) in [5, 5.41) is 0. The molecule has 2 aromatic rings. The molecule has 2 aromatic carbocycles. The van der Waals surface area contributed by atoms with Crippen LogP contribution in [0.2, 0.25) is 0 Å². The lowest BCUT2D eigenvalue weighted by Gasteiger charge is -2.35. The second kappa shape index (κ2) is 8.36. The van der Waals surface area contributed by atoms with Gasteiger partial charge in [0.15, 0.2) is 0 Å². The number of ether oxygens (including phenoxy) is 1. The molecule has 1 saturated heterocycles. The third-order valence-electron chi connectivity index (χ3n) is 4.35. The van der Waals surface area contributed by atoms with Crippen molar-refractivity contribution >= 4 is 27.7 Å². The largest absolute Gasteiger partial charge is 0.495 e. The van der Waals surface area contributed by atoms with Crippen LogP contribution >= 0.6 is 15.9 Å². The highest BCUT2D eigenvalue weighted by atomic mass is 79.9. The van der Waals surface area contributed by atoms with Crippen LogP contribution in [0.25, 0.3) is 6.08 Å². The SMILES string of the molecule is COc1cc(N2CCN(CC=Cc3ccccc3)CC2)ccc1Br. The topological polar surface area (TPSA) is 15.7 Å². The summed E-state index contributed by atoms with van der Waals surface area (Å²) in [6.07, 6.45) is 4.46. The maximum atomic E-state index is 5.40. The molecule has 0 aromatic heterocycles. The molecular formula is C20H23BrN2O. The van der Waals surface area contributed by atoms with Crippen molar-refractivity contribution in [1.82, 2.24) is 4.90 Å². The van der Waals surface area contributed by atoms with Gasteiger partial charge in [0.2, 0.25) is 0 Å². The Morgan fingerprint density at radius 2 is 1.79 bits per heavy atom. The molecule has 0 aliphatic carbocycles. The molecule has 4 heteroatoms. The van der Waals surface area contributed by atoms with Crippen molar-refractivity contribution in [3.8, 4) is 5.75 Å². The Balaban J connectivity index is 1.51. The summed E-state index contributed by atoms with van der Waals surface area (Å²) >= 11 is 3.51. The van der Waals surface area contributed by atoms with Crippen LogP contribution in [0.15, 0.2) is 59.1 Å². The summed E-state index contributed by atoms with van der Waals surface area (Å²) in [7, 11) is 1.71. The molecule has 0 amide bonds. The number of nitrogens with zero attached hydrogens (tertiary/aromatic N) is 2. The number of halogens is 1. The molecule has 1 aliphatic rings. The summed E-state index contributed by atoms with van der Waals surface area (Å²) in [4.78, 5) is 4.92. The Morgan fingerprint density at radius 3 is 2.50 bits per heavy atom. The predicted octanol–water partition coefficient (Wildman–Crippen LogP) is 4.29. The molecule has 24 heavy (non-hydrogen) atoms. The number of methoxy groups -OCH3 is 1. The van der Waals surface area contributed by atoms with Crippen molar-refractivity contribution in [2.45, 2.75) is 0 Å². The van der Waals surface area contributed by atoms with Crippen molar-refractivity contribution in [1.29, 1.82) is 0 Å². The van der Waals surface area contributed by atoms with Gasteiger partial charge in [-0.1, -0.05) is 42.5 Å². The van der Waals surface area contributed by atoms with E-state index in [1.54, 1.807) is 7.11 Å². The lowest BCUT2D eigenvalue weighted by atomic mass is 10.2. The van der Waals surface area contributed by atoms with E-state index in [2.05, 4.69) is 80.3 Å². The Kier molecular flexibility index (Phi) is 5.94. The molecule has 1 fully saturated rings.